The molecule has 0 spiro atoms. The summed E-state index contributed by atoms with van der Waals surface area (Å²) < 4.78 is 28.9. The lowest BCUT2D eigenvalue weighted by atomic mass is 9.77. The molecule has 1 unspecified atom stereocenters. The van der Waals surface area contributed by atoms with Gasteiger partial charge in [-0.1, -0.05) is 66.7 Å². The fraction of sp³-hybridized carbons (Fsp3) is 0.143. The Morgan fingerprint density at radius 2 is 1.20 bits per heavy atom. The third-order valence-electron chi connectivity index (χ3n) is 4.40. The van der Waals surface area contributed by atoms with Gasteiger partial charge in [-0.25, -0.2) is 8.78 Å². The van der Waals surface area contributed by atoms with E-state index >= 15 is 0 Å². The van der Waals surface area contributed by atoms with E-state index in [1.165, 1.54) is 36.4 Å². The van der Waals surface area contributed by atoms with Crippen molar-refractivity contribution in [1.29, 1.82) is 0 Å². The molecule has 0 fully saturated rings. The Labute approximate surface area is 145 Å². The molecule has 4 heteroatoms. The quantitative estimate of drug-likeness (QED) is 0.743. The van der Waals surface area contributed by atoms with Crippen molar-refractivity contribution in [1.82, 2.24) is 0 Å². The summed E-state index contributed by atoms with van der Waals surface area (Å²) in [5.74, 6) is -1.26. The van der Waals surface area contributed by atoms with Gasteiger partial charge in [0, 0.05) is 17.2 Å². The Bertz CT molecular complexity index is 806. The van der Waals surface area contributed by atoms with Crippen LogP contribution >= 0.6 is 0 Å². The number of hydrogen-bond acceptors (Lipinski definition) is 2. The lowest BCUT2D eigenvalue weighted by Gasteiger charge is -2.35. The maximum absolute atomic E-state index is 14.5. The third-order valence-corrected chi connectivity index (χ3v) is 4.40. The Kier molecular flexibility index (Phi) is 4.93. The molecule has 0 saturated heterocycles. The summed E-state index contributed by atoms with van der Waals surface area (Å²) in [4.78, 5) is 0. The molecule has 3 aromatic rings. The summed E-state index contributed by atoms with van der Waals surface area (Å²) >= 11 is 0. The van der Waals surface area contributed by atoms with Gasteiger partial charge < -0.3 is 10.8 Å². The first kappa shape index (κ1) is 17.3. The van der Waals surface area contributed by atoms with Gasteiger partial charge in [0.25, 0.3) is 0 Å². The average molecular weight is 339 g/mol. The minimum atomic E-state index is -1.99. The maximum Gasteiger partial charge on any atom is 0.136 e. The van der Waals surface area contributed by atoms with E-state index in [2.05, 4.69) is 0 Å². The monoisotopic (exact) mass is 339 g/mol. The molecular weight excluding hydrogens is 320 g/mol. The first-order valence-electron chi connectivity index (χ1n) is 8.05. The SMILES string of the molecule is NC(Cc1ccccc1)C(O)(c1ccccc1F)c1ccccc1F. The molecule has 0 aliphatic carbocycles. The van der Waals surface area contributed by atoms with Crippen LogP contribution in [0.5, 0.6) is 0 Å². The molecule has 3 rings (SSSR count). The van der Waals surface area contributed by atoms with E-state index in [0.29, 0.717) is 0 Å². The van der Waals surface area contributed by atoms with Crippen molar-refractivity contribution >= 4 is 0 Å². The topological polar surface area (TPSA) is 46.2 Å². The fourth-order valence-corrected chi connectivity index (χ4v) is 3.10. The minimum absolute atomic E-state index is 0.0384. The molecule has 3 N–H and O–H groups in total. The Morgan fingerprint density at radius 3 is 1.68 bits per heavy atom. The van der Waals surface area contributed by atoms with Crippen LogP contribution in [-0.4, -0.2) is 11.1 Å². The molecule has 0 amide bonds. The number of aliphatic hydroxyl groups is 1. The molecule has 0 bridgehead atoms. The zero-order valence-electron chi connectivity index (χ0n) is 13.6. The van der Waals surface area contributed by atoms with Crippen molar-refractivity contribution in [2.45, 2.75) is 18.1 Å². The maximum atomic E-state index is 14.5. The smallest absolute Gasteiger partial charge is 0.136 e. The molecule has 0 aliphatic rings. The zero-order valence-corrected chi connectivity index (χ0v) is 13.6. The van der Waals surface area contributed by atoms with Crippen LogP contribution in [0.15, 0.2) is 78.9 Å². The highest BCUT2D eigenvalue weighted by Crippen LogP contribution is 2.36. The third kappa shape index (κ3) is 3.31. The van der Waals surface area contributed by atoms with E-state index in [-0.39, 0.29) is 17.5 Å². The summed E-state index contributed by atoms with van der Waals surface area (Å²) in [7, 11) is 0. The summed E-state index contributed by atoms with van der Waals surface area (Å²) in [6, 6.07) is 19.9. The average Bonchev–Trinajstić information content (AvgIpc) is 2.62. The van der Waals surface area contributed by atoms with Crippen molar-refractivity contribution in [2.75, 3.05) is 0 Å². The highest BCUT2D eigenvalue weighted by Gasteiger charge is 2.42. The van der Waals surface area contributed by atoms with Gasteiger partial charge in [0.15, 0.2) is 0 Å². The Hall–Kier alpha value is -2.56. The molecule has 2 nitrogen and oxygen atoms in total. The van der Waals surface area contributed by atoms with E-state index in [0.717, 1.165) is 5.56 Å². The largest absolute Gasteiger partial charge is 0.379 e. The van der Waals surface area contributed by atoms with Crippen molar-refractivity contribution < 1.29 is 13.9 Å². The normalized spacial score (nSPS) is 12.8. The summed E-state index contributed by atoms with van der Waals surface area (Å²) in [6.07, 6.45) is 0.264. The molecule has 25 heavy (non-hydrogen) atoms. The molecule has 0 aromatic heterocycles. The Balaban J connectivity index is 2.12. The second kappa shape index (κ2) is 7.13. The minimum Gasteiger partial charge on any atom is -0.379 e. The predicted octanol–water partition coefficient (Wildman–Crippen LogP) is 3.77. The van der Waals surface area contributed by atoms with E-state index < -0.39 is 23.3 Å². The summed E-state index contributed by atoms with van der Waals surface area (Å²) in [6.45, 7) is 0. The van der Waals surface area contributed by atoms with Crippen molar-refractivity contribution in [3.63, 3.8) is 0 Å². The molecule has 0 saturated carbocycles. The predicted molar refractivity (Wildman–Crippen MR) is 93.9 cm³/mol. The number of nitrogens with two attached hydrogens (primary N) is 1. The van der Waals surface area contributed by atoms with Crippen LogP contribution in [0.25, 0.3) is 0 Å². The molecule has 1 atom stereocenters. The lowest BCUT2D eigenvalue weighted by Crippen LogP contribution is -2.48. The van der Waals surface area contributed by atoms with Gasteiger partial charge in [0.2, 0.25) is 0 Å². The van der Waals surface area contributed by atoms with Crippen molar-refractivity contribution in [3.05, 3.63) is 107 Å². The van der Waals surface area contributed by atoms with Gasteiger partial charge in [0.05, 0.1) is 0 Å². The molecule has 0 radical (unpaired) electrons. The van der Waals surface area contributed by atoms with Crippen molar-refractivity contribution in [2.24, 2.45) is 5.73 Å². The highest BCUT2D eigenvalue weighted by atomic mass is 19.1. The highest BCUT2D eigenvalue weighted by molar-refractivity contribution is 5.40. The van der Waals surface area contributed by atoms with E-state index in [1.54, 1.807) is 12.1 Å². The first-order valence-corrected chi connectivity index (χ1v) is 8.05. The van der Waals surface area contributed by atoms with Gasteiger partial charge in [0.1, 0.15) is 17.2 Å². The second-order valence-electron chi connectivity index (χ2n) is 6.02. The standard InChI is InChI=1S/C21H19F2NO/c22-18-12-6-4-10-16(18)21(25,17-11-5-7-13-19(17)23)20(24)14-15-8-2-1-3-9-15/h1-13,20,25H,14,24H2. The number of hydrogen-bond donors (Lipinski definition) is 2. The van der Waals surface area contributed by atoms with Crippen molar-refractivity contribution in [3.8, 4) is 0 Å². The fourth-order valence-electron chi connectivity index (χ4n) is 3.10. The summed E-state index contributed by atoms with van der Waals surface area (Å²) in [5.41, 5.74) is 5.11. The second-order valence-corrected chi connectivity index (χ2v) is 6.02. The van der Waals surface area contributed by atoms with E-state index in [1.807, 2.05) is 30.3 Å². The molecule has 128 valence electrons. The van der Waals surface area contributed by atoms with Gasteiger partial charge >= 0.3 is 0 Å². The molecule has 0 heterocycles. The van der Waals surface area contributed by atoms with Gasteiger partial charge in [-0.3, -0.25) is 0 Å². The molecule has 3 aromatic carbocycles. The first-order chi connectivity index (χ1) is 12.0. The van der Waals surface area contributed by atoms with Gasteiger partial charge in [-0.05, 0) is 24.1 Å². The van der Waals surface area contributed by atoms with Crippen LogP contribution in [-0.2, 0) is 12.0 Å². The molecule has 0 aliphatic heterocycles. The summed E-state index contributed by atoms with van der Waals surface area (Å²) in [5, 5.41) is 11.4. The van der Waals surface area contributed by atoms with Crippen LogP contribution < -0.4 is 5.73 Å². The van der Waals surface area contributed by atoms with Crippen LogP contribution in [0.3, 0.4) is 0 Å². The van der Waals surface area contributed by atoms with E-state index in [4.69, 9.17) is 5.73 Å². The number of halogens is 2. The van der Waals surface area contributed by atoms with E-state index in [9.17, 15) is 13.9 Å². The van der Waals surface area contributed by atoms with Crippen LogP contribution in [0, 0.1) is 11.6 Å². The molecular formula is C21H19F2NO. The number of rotatable bonds is 5. The van der Waals surface area contributed by atoms with Crippen LogP contribution in [0.2, 0.25) is 0 Å². The van der Waals surface area contributed by atoms with Gasteiger partial charge in [-0.15, -0.1) is 0 Å². The van der Waals surface area contributed by atoms with Crippen LogP contribution in [0.1, 0.15) is 16.7 Å². The van der Waals surface area contributed by atoms with Crippen LogP contribution in [0.4, 0.5) is 8.78 Å². The zero-order chi connectivity index (χ0) is 17.9. The lowest BCUT2D eigenvalue weighted by molar-refractivity contribution is 0.0445. The number of benzene rings is 3. The van der Waals surface area contributed by atoms with Gasteiger partial charge in [-0.2, -0.15) is 0 Å². The Morgan fingerprint density at radius 1 is 0.760 bits per heavy atom.